The van der Waals surface area contributed by atoms with Gasteiger partial charge in [-0.15, -0.1) is 11.3 Å². The first-order valence-electron chi connectivity index (χ1n) is 7.05. The second-order valence-corrected chi connectivity index (χ2v) is 6.68. The highest BCUT2D eigenvalue weighted by Gasteiger charge is 2.15. The number of thiazole rings is 1. The van der Waals surface area contributed by atoms with Crippen molar-refractivity contribution in [2.45, 2.75) is 46.7 Å². The Labute approximate surface area is 124 Å². The normalized spacial score (nSPS) is 11.5. The molecule has 0 radical (unpaired) electrons. The lowest BCUT2D eigenvalue weighted by Crippen LogP contribution is -2.22. The molecular formula is C15H22N4S. The van der Waals surface area contributed by atoms with E-state index >= 15 is 0 Å². The Kier molecular flexibility index (Phi) is 5.20. The van der Waals surface area contributed by atoms with Crippen LogP contribution in [0.3, 0.4) is 0 Å². The van der Waals surface area contributed by atoms with Crippen LogP contribution >= 0.6 is 11.3 Å². The predicted octanol–water partition coefficient (Wildman–Crippen LogP) is 3.30. The molecule has 5 heteroatoms. The van der Waals surface area contributed by atoms with E-state index in [1.807, 2.05) is 6.07 Å². The van der Waals surface area contributed by atoms with E-state index in [1.165, 1.54) is 10.6 Å². The van der Waals surface area contributed by atoms with Crippen LogP contribution in [0, 0.1) is 5.92 Å². The molecule has 0 saturated carbocycles. The molecule has 0 bridgehead atoms. The molecule has 0 aliphatic heterocycles. The molecule has 0 saturated heterocycles. The van der Waals surface area contributed by atoms with Crippen LogP contribution < -0.4 is 5.32 Å². The molecule has 0 unspecified atom stereocenters. The van der Waals surface area contributed by atoms with Gasteiger partial charge in [0.2, 0.25) is 0 Å². The van der Waals surface area contributed by atoms with E-state index in [9.17, 15) is 0 Å². The molecule has 108 valence electrons. The first kappa shape index (κ1) is 15.1. The van der Waals surface area contributed by atoms with Crippen LogP contribution in [0.15, 0.2) is 18.5 Å². The van der Waals surface area contributed by atoms with Crippen molar-refractivity contribution in [3.8, 4) is 10.8 Å². The monoisotopic (exact) mass is 290 g/mol. The molecule has 2 heterocycles. The fraction of sp³-hybridized carbons (Fsp3) is 0.533. The van der Waals surface area contributed by atoms with Crippen LogP contribution in [0.25, 0.3) is 10.8 Å². The van der Waals surface area contributed by atoms with Crippen LogP contribution in [0.2, 0.25) is 0 Å². The van der Waals surface area contributed by atoms with E-state index in [0.29, 0.717) is 12.0 Å². The molecule has 0 amide bonds. The van der Waals surface area contributed by atoms with Gasteiger partial charge in [0.25, 0.3) is 0 Å². The molecular weight excluding hydrogens is 268 g/mol. The van der Waals surface area contributed by atoms with Crippen molar-refractivity contribution >= 4 is 11.3 Å². The fourth-order valence-corrected chi connectivity index (χ4v) is 2.86. The summed E-state index contributed by atoms with van der Waals surface area (Å²) in [6.45, 7) is 9.62. The van der Waals surface area contributed by atoms with Crippen LogP contribution in [0.1, 0.15) is 38.3 Å². The summed E-state index contributed by atoms with van der Waals surface area (Å²) < 4.78 is 0. The third-order valence-corrected chi connectivity index (χ3v) is 3.90. The van der Waals surface area contributed by atoms with Gasteiger partial charge in [0.15, 0.2) is 10.8 Å². The summed E-state index contributed by atoms with van der Waals surface area (Å²) in [6, 6.07) is 2.30. The Morgan fingerprint density at radius 3 is 2.45 bits per heavy atom. The Balaban J connectivity index is 2.26. The minimum absolute atomic E-state index is 0.473. The van der Waals surface area contributed by atoms with Crippen molar-refractivity contribution in [3.05, 3.63) is 29.0 Å². The summed E-state index contributed by atoms with van der Waals surface area (Å²) in [7, 11) is 0. The number of hydrogen-bond donors (Lipinski definition) is 1. The fourth-order valence-electron chi connectivity index (χ4n) is 1.87. The Hall–Kier alpha value is -1.33. The molecule has 20 heavy (non-hydrogen) atoms. The molecule has 0 atom stereocenters. The highest BCUT2D eigenvalue weighted by atomic mass is 32.1. The second kappa shape index (κ2) is 6.90. The Morgan fingerprint density at radius 2 is 1.85 bits per heavy atom. The number of hydrogen-bond acceptors (Lipinski definition) is 5. The van der Waals surface area contributed by atoms with Gasteiger partial charge in [-0.1, -0.05) is 27.7 Å². The van der Waals surface area contributed by atoms with Crippen LogP contribution in [0.4, 0.5) is 0 Å². The summed E-state index contributed by atoms with van der Waals surface area (Å²) in [6.07, 6.45) is 4.52. The lowest BCUT2D eigenvalue weighted by atomic mass is 10.1. The summed E-state index contributed by atoms with van der Waals surface area (Å²) in [4.78, 5) is 14.6. The molecule has 2 aromatic heterocycles. The van der Waals surface area contributed by atoms with Gasteiger partial charge in [0.05, 0.1) is 5.69 Å². The highest BCUT2D eigenvalue weighted by Crippen LogP contribution is 2.27. The van der Waals surface area contributed by atoms with E-state index in [1.54, 1.807) is 23.7 Å². The quantitative estimate of drug-likeness (QED) is 0.887. The SMILES string of the molecule is CC(C)Cc1nc(-c2ncccn2)sc1CNC(C)C. The summed E-state index contributed by atoms with van der Waals surface area (Å²) >= 11 is 1.70. The van der Waals surface area contributed by atoms with Crippen molar-refractivity contribution in [2.24, 2.45) is 5.92 Å². The van der Waals surface area contributed by atoms with Gasteiger partial charge >= 0.3 is 0 Å². The number of aromatic nitrogens is 3. The maximum Gasteiger partial charge on any atom is 0.188 e. The largest absolute Gasteiger partial charge is 0.310 e. The van der Waals surface area contributed by atoms with E-state index < -0.39 is 0 Å². The molecule has 0 fully saturated rings. The third kappa shape index (κ3) is 4.08. The van der Waals surface area contributed by atoms with Crippen LogP contribution in [-0.4, -0.2) is 21.0 Å². The molecule has 4 nitrogen and oxygen atoms in total. The van der Waals surface area contributed by atoms with Crippen molar-refractivity contribution in [2.75, 3.05) is 0 Å². The van der Waals surface area contributed by atoms with Crippen LogP contribution in [0.5, 0.6) is 0 Å². The molecule has 0 spiro atoms. The van der Waals surface area contributed by atoms with Gasteiger partial charge < -0.3 is 5.32 Å². The molecule has 2 aromatic rings. The first-order chi connectivity index (χ1) is 9.56. The molecule has 2 rings (SSSR count). The topological polar surface area (TPSA) is 50.7 Å². The second-order valence-electron chi connectivity index (χ2n) is 5.59. The van der Waals surface area contributed by atoms with Crippen molar-refractivity contribution < 1.29 is 0 Å². The average molecular weight is 290 g/mol. The number of nitrogens with zero attached hydrogens (tertiary/aromatic N) is 3. The van der Waals surface area contributed by atoms with E-state index in [4.69, 9.17) is 4.98 Å². The summed E-state index contributed by atoms with van der Waals surface area (Å²) in [5, 5.41) is 4.39. The number of nitrogens with one attached hydrogen (secondary N) is 1. The maximum absolute atomic E-state index is 4.75. The minimum Gasteiger partial charge on any atom is -0.310 e. The van der Waals surface area contributed by atoms with Crippen molar-refractivity contribution in [1.29, 1.82) is 0 Å². The zero-order valence-electron chi connectivity index (χ0n) is 12.6. The molecule has 1 N–H and O–H groups in total. The smallest absolute Gasteiger partial charge is 0.188 e. The third-order valence-electron chi connectivity index (χ3n) is 2.81. The van der Waals surface area contributed by atoms with Gasteiger partial charge in [-0.2, -0.15) is 0 Å². The van der Waals surface area contributed by atoms with Crippen molar-refractivity contribution in [3.63, 3.8) is 0 Å². The molecule has 0 aliphatic carbocycles. The van der Waals surface area contributed by atoms with Gasteiger partial charge in [0, 0.05) is 29.9 Å². The van der Waals surface area contributed by atoms with E-state index in [0.717, 1.165) is 23.8 Å². The van der Waals surface area contributed by atoms with Crippen LogP contribution in [-0.2, 0) is 13.0 Å². The lowest BCUT2D eigenvalue weighted by molar-refractivity contribution is 0.581. The van der Waals surface area contributed by atoms with Gasteiger partial charge in [-0.05, 0) is 18.4 Å². The Morgan fingerprint density at radius 1 is 1.15 bits per heavy atom. The average Bonchev–Trinajstić information content (AvgIpc) is 2.80. The predicted molar refractivity (Wildman–Crippen MR) is 83.7 cm³/mol. The minimum atomic E-state index is 0.473. The summed E-state index contributed by atoms with van der Waals surface area (Å²) in [5.41, 5.74) is 1.18. The van der Waals surface area contributed by atoms with E-state index in [-0.39, 0.29) is 0 Å². The van der Waals surface area contributed by atoms with Gasteiger partial charge in [0.1, 0.15) is 0 Å². The standard InChI is InChI=1S/C15H22N4S/c1-10(2)8-12-13(9-18-11(3)4)20-15(19-12)14-16-6-5-7-17-14/h5-7,10-11,18H,8-9H2,1-4H3. The Bertz CT molecular complexity index is 534. The number of rotatable bonds is 6. The highest BCUT2D eigenvalue weighted by molar-refractivity contribution is 7.15. The van der Waals surface area contributed by atoms with Gasteiger partial charge in [-0.3, -0.25) is 0 Å². The lowest BCUT2D eigenvalue weighted by Gasteiger charge is -2.08. The summed E-state index contributed by atoms with van der Waals surface area (Å²) in [5.74, 6) is 1.32. The van der Waals surface area contributed by atoms with E-state index in [2.05, 4.69) is 43.0 Å². The maximum atomic E-state index is 4.75. The first-order valence-corrected chi connectivity index (χ1v) is 7.87. The van der Waals surface area contributed by atoms with Crippen molar-refractivity contribution in [1.82, 2.24) is 20.3 Å². The molecule has 0 aliphatic rings. The zero-order valence-corrected chi connectivity index (χ0v) is 13.4. The zero-order chi connectivity index (χ0) is 14.5. The van der Waals surface area contributed by atoms with Gasteiger partial charge in [-0.25, -0.2) is 15.0 Å². The molecule has 0 aromatic carbocycles.